The Hall–Kier alpha value is -2.25. The first-order chi connectivity index (χ1) is 11.4. The van der Waals surface area contributed by atoms with Crippen molar-refractivity contribution in [1.82, 2.24) is 4.72 Å². The Morgan fingerprint density at radius 1 is 1.08 bits per heavy atom. The molecular weight excluding hydrogens is 330 g/mol. The van der Waals surface area contributed by atoms with Gasteiger partial charge in [0.2, 0.25) is 16.8 Å². The van der Waals surface area contributed by atoms with Crippen molar-refractivity contribution >= 4 is 10.0 Å². The molecule has 0 aromatic heterocycles. The van der Waals surface area contributed by atoms with Crippen LogP contribution in [-0.2, 0) is 16.6 Å². The maximum atomic E-state index is 12.4. The van der Waals surface area contributed by atoms with Gasteiger partial charge < -0.3 is 14.2 Å². The summed E-state index contributed by atoms with van der Waals surface area (Å²) in [5, 5.41) is 0. The molecule has 0 bridgehead atoms. The van der Waals surface area contributed by atoms with Crippen LogP contribution in [0.4, 0.5) is 0 Å². The Labute approximate surface area is 141 Å². The van der Waals surface area contributed by atoms with Crippen molar-refractivity contribution in [2.75, 3.05) is 6.79 Å². The average Bonchev–Trinajstić information content (AvgIpc) is 3.01. The molecule has 0 saturated heterocycles. The predicted octanol–water partition coefficient (Wildman–Crippen LogP) is 2.68. The number of hydrogen-bond acceptors (Lipinski definition) is 5. The third-order valence-corrected chi connectivity index (χ3v) is 4.81. The van der Waals surface area contributed by atoms with Crippen LogP contribution in [0.25, 0.3) is 0 Å². The second-order valence-corrected chi connectivity index (χ2v) is 7.42. The maximum absolute atomic E-state index is 12.4. The summed E-state index contributed by atoms with van der Waals surface area (Å²) >= 11 is 0. The topological polar surface area (TPSA) is 73.9 Å². The van der Waals surface area contributed by atoms with Gasteiger partial charge in [0.1, 0.15) is 5.75 Å². The van der Waals surface area contributed by atoms with E-state index in [1.807, 2.05) is 38.1 Å². The van der Waals surface area contributed by atoms with Crippen LogP contribution in [0.3, 0.4) is 0 Å². The Balaban J connectivity index is 1.67. The van der Waals surface area contributed by atoms with Gasteiger partial charge in [0, 0.05) is 12.6 Å². The van der Waals surface area contributed by atoms with Crippen molar-refractivity contribution in [3.05, 3.63) is 48.0 Å². The molecule has 128 valence electrons. The van der Waals surface area contributed by atoms with Crippen molar-refractivity contribution in [2.24, 2.45) is 0 Å². The first-order valence-electron chi connectivity index (χ1n) is 7.59. The number of fused-ring (bicyclic) bond motifs is 1. The highest BCUT2D eigenvalue weighted by Crippen LogP contribution is 2.33. The third-order valence-electron chi connectivity index (χ3n) is 3.42. The predicted molar refractivity (Wildman–Crippen MR) is 88.8 cm³/mol. The van der Waals surface area contributed by atoms with Crippen molar-refractivity contribution < 1.29 is 22.6 Å². The van der Waals surface area contributed by atoms with Gasteiger partial charge in [0.05, 0.1) is 11.0 Å². The van der Waals surface area contributed by atoms with E-state index in [0.29, 0.717) is 11.5 Å². The van der Waals surface area contributed by atoms with Crippen LogP contribution in [-0.4, -0.2) is 21.3 Å². The summed E-state index contributed by atoms with van der Waals surface area (Å²) in [7, 11) is -3.63. The minimum atomic E-state index is -3.63. The summed E-state index contributed by atoms with van der Waals surface area (Å²) in [6, 6.07) is 11.9. The molecule has 2 aromatic carbocycles. The zero-order valence-electron chi connectivity index (χ0n) is 13.5. The molecule has 0 saturated carbocycles. The number of rotatable bonds is 6. The van der Waals surface area contributed by atoms with Gasteiger partial charge in [0.25, 0.3) is 0 Å². The second-order valence-electron chi connectivity index (χ2n) is 5.65. The lowest BCUT2D eigenvalue weighted by Gasteiger charge is -2.11. The number of sulfonamides is 1. The molecule has 1 N–H and O–H groups in total. The Morgan fingerprint density at radius 2 is 1.79 bits per heavy atom. The monoisotopic (exact) mass is 349 g/mol. The summed E-state index contributed by atoms with van der Waals surface area (Å²) in [4.78, 5) is 0.145. The molecule has 2 aromatic rings. The van der Waals surface area contributed by atoms with Crippen LogP contribution >= 0.6 is 0 Å². The zero-order valence-corrected chi connectivity index (χ0v) is 14.3. The van der Waals surface area contributed by atoms with Crippen LogP contribution in [0.5, 0.6) is 17.2 Å². The minimum Gasteiger partial charge on any atom is -0.491 e. The summed E-state index contributed by atoms with van der Waals surface area (Å²) in [5.74, 6) is 1.75. The number of benzene rings is 2. The molecule has 1 aliphatic heterocycles. The van der Waals surface area contributed by atoms with E-state index in [-0.39, 0.29) is 24.3 Å². The van der Waals surface area contributed by atoms with Crippen LogP contribution < -0.4 is 18.9 Å². The fourth-order valence-electron chi connectivity index (χ4n) is 2.26. The van der Waals surface area contributed by atoms with E-state index in [9.17, 15) is 8.42 Å². The molecule has 1 heterocycles. The van der Waals surface area contributed by atoms with E-state index in [0.717, 1.165) is 11.3 Å². The highest BCUT2D eigenvalue weighted by atomic mass is 32.2. The molecule has 3 rings (SSSR count). The normalized spacial score (nSPS) is 13.3. The summed E-state index contributed by atoms with van der Waals surface area (Å²) < 4.78 is 43.3. The molecule has 0 spiro atoms. The van der Waals surface area contributed by atoms with E-state index in [1.165, 1.54) is 12.1 Å². The van der Waals surface area contributed by atoms with Gasteiger partial charge in [-0.15, -0.1) is 0 Å². The fraction of sp³-hybridized carbons (Fsp3) is 0.294. The number of ether oxygens (including phenoxy) is 3. The largest absolute Gasteiger partial charge is 0.491 e. The standard InChI is InChI=1S/C17H19NO5S/c1-12(2)23-14-5-3-13(4-6-14)10-18-24(19,20)15-7-8-16-17(9-15)22-11-21-16/h3-9,12,18H,10-11H2,1-2H3. The van der Waals surface area contributed by atoms with Gasteiger partial charge in [-0.1, -0.05) is 12.1 Å². The fourth-order valence-corrected chi connectivity index (χ4v) is 3.30. The summed E-state index contributed by atoms with van der Waals surface area (Å²) in [6.07, 6.45) is 0.0976. The summed E-state index contributed by atoms with van der Waals surface area (Å²) in [6.45, 7) is 4.20. The molecule has 7 heteroatoms. The van der Waals surface area contributed by atoms with E-state index in [1.54, 1.807) is 6.07 Å². The maximum Gasteiger partial charge on any atom is 0.241 e. The Bertz CT molecular complexity index is 815. The summed E-state index contributed by atoms with van der Waals surface area (Å²) in [5.41, 5.74) is 0.843. The van der Waals surface area contributed by atoms with Crippen LogP contribution in [0.15, 0.2) is 47.4 Å². The minimum absolute atomic E-state index is 0.0976. The lowest BCUT2D eigenvalue weighted by Crippen LogP contribution is -2.23. The molecule has 0 aliphatic carbocycles. The molecule has 0 unspecified atom stereocenters. The molecule has 0 amide bonds. The first kappa shape index (κ1) is 16.6. The van der Waals surface area contributed by atoms with Gasteiger partial charge >= 0.3 is 0 Å². The number of nitrogens with one attached hydrogen (secondary N) is 1. The van der Waals surface area contributed by atoms with Crippen molar-refractivity contribution in [3.63, 3.8) is 0 Å². The van der Waals surface area contributed by atoms with Gasteiger partial charge in [-0.25, -0.2) is 13.1 Å². The Morgan fingerprint density at radius 3 is 2.50 bits per heavy atom. The van der Waals surface area contributed by atoms with E-state index >= 15 is 0 Å². The van der Waals surface area contributed by atoms with Gasteiger partial charge in [-0.05, 0) is 43.7 Å². The van der Waals surface area contributed by atoms with E-state index in [2.05, 4.69) is 4.72 Å². The molecule has 1 aliphatic rings. The average molecular weight is 349 g/mol. The highest BCUT2D eigenvalue weighted by molar-refractivity contribution is 7.89. The smallest absolute Gasteiger partial charge is 0.241 e. The highest BCUT2D eigenvalue weighted by Gasteiger charge is 2.20. The van der Waals surface area contributed by atoms with Gasteiger partial charge in [-0.2, -0.15) is 0 Å². The van der Waals surface area contributed by atoms with Crippen molar-refractivity contribution in [2.45, 2.75) is 31.4 Å². The first-order valence-corrected chi connectivity index (χ1v) is 9.07. The molecule has 0 fully saturated rings. The van der Waals surface area contributed by atoms with Gasteiger partial charge in [0.15, 0.2) is 11.5 Å². The van der Waals surface area contributed by atoms with Crippen LogP contribution in [0.2, 0.25) is 0 Å². The Kier molecular flexibility index (Phi) is 4.64. The van der Waals surface area contributed by atoms with Crippen LogP contribution in [0.1, 0.15) is 19.4 Å². The number of hydrogen-bond donors (Lipinski definition) is 1. The lowest BCUT2D eigenvalue weighted by atomic mass is 10.2. The quantitative estimate of drug-likeness (QED) is 0.868. The SMILES string of the molecule is CC(C)Oc1ccc(CNS(=O)(=O)c2ccc3c(c2)OCO3)cc1. The molecule has 0 atom stereocenters. The molecular formula is C17H19NO5S. The zero-order chi connectivity index (χ0) is 17.2. The second kappa shape index (κ2) is 6.70. The van der Waals surface area contributed by atoms with Gasteiger partial charge in [-0.3, -0.25) is 0 Å². The molecule has 0 radical (unpaired) electrons. The van der Waals surface area contributed by atoms with Crippen molar-refractivity contribution in [3.8, 4) is 17.2 Å². The van der Waals surface area contributed by atoms with E-state index in [4.69, 9.17) is 14.2 Å². The van der Waals surface area contributed by atoms with Crippen molar-refractivity contribution in [1.29, 1.82) is 0 Å². The lowest BCUT2D eigenvalue weighted by molar-refractivity contribution is 0.174. The van der Waals surface area contributed by atoms with E-state index < -0.39 is 10.0 Å². The molecule has 24 heavy (non-hydrogen) atoms. The van der Waals surface area contributed by atoms with Crippen LogP contribution in [0, 0.1) is 0 Å². The third kappa shape index (κ3) is 3.80. The molecule has 6 nitrogen and oxygen atoms in total.